The van der Waals surface area contributed by atoms with E-state index in [-0.39, 0.29) is 23.9 Å². The number of aryl methyl sites for hydroxylation is 1. The Morgan fingerprint density at radius 1 is 1.30 bits per heavy atom. The molecule has 1 fully saturated rings. The molecule has 2 amide bonds. The van der Waals surface area contributed by atoms with Crippen LogP contribution in [-0.4, -0.2) is 49.8 Å². The van der Waals surface area contributed by atoms with Crippen LogP contribution in [-0.2, 0) is 4.74 Å². The summed E-state index contributed by atoms with van der Waals surface area (Å²) < 4.78 is 18.9. The Hall–Kier alpha value is -1.66. The van der Waals surface area contributed by atoms with Crippen molar-refractivity contribution in [1.82, 2.24) is 15.5 Å². The van der Waals surface area contributed by atoms with E-state index in [0.717, 1.165) is 38.4 Å². The number of urea groups is 1. The first-order chi connectivity index (χ1) is 11.0. The lowest BCUT2D eigenvalue weighted by Gasteiger charge is -2.29. The largest absolute Gasteiger partial charge is 0.379 e. The number of ether oxygens (including phenoxy) is 1. The quantitative estimate of drug-likeness (QED) is 0.873. The maximum Gasteiger partial charge on any atom is 0.315 e. The summed E-state index contributed by atoms with van der Waals surface area (Å²) in [4.78, 5) is 14.3. The van der Waals surface area contributed by atoms with E-state index >= 15 is 0 Å². The van der Waals surface area contributed by atoms with Crippen molar-refractivity contribution >= 4 is 6.03 Å². The fourth-order valence-corrected chi connectivity index (χ4v) is 2.64. The highest BCUT2D eigenvalue weighted by molar-refractivity contribution is 5.74. The molecule has 2 N–H and O–H groups in total. The van der Waals surface area contributed by atoms with Gasteiger partial charge in [-0.25, -0.2) is 9.18 Å². The van der Waals surface area contributed by atoms with Crippen molar-refractivity contribution in [3.63, 3.8) is 0 Å². The predicted octanol–water partition coefficient (Wildman–Crippen LogP) is 2.22. The lowest BCUT2D eigenvalue weighted by molar-refractivity contribution is 0.0349. The van der Waals surface area contributed by atoms with Crippen molar-refractivity contribution in [1.29, 1.82) is 0 Å². The first-order valence-electron chi connectivity index (χ1n) is 8.09. The summed E-state index contributed by atoms with van der Waals surface area (Å²) in [6.07, 6.45) is 0. The van der Waals surface area contributed by atoms with Crippen LogP contribution in [0.3, 0.4) is 0 Å². The Labute approximate surface area is 137 Å². The van der Waals surface area contributed by atoms with Gasteiger partial charge in [0.25, 0.3) is 0 Å². The molecule has 128 valence electrons. The second-order valence-electron chi connectivity index (χ2n) is 6.16. The Morgan fingerprint density at radius 2 is 2.00 bits per heavy atom. The average molecular weight is 323 g/mol. The minimum absolute atomic E-state index is 0.0371. The third-order valence-electron chi connectivity index (χ3n) is 4.06. The molecule has 1 aliphatic rings. The average Bonchev–Trinajstić information content (AvgIpc) is 2.50. The summed E-state index contributed by atoms with van der Waals surface area (Å²) >= 11 is 0. The minimum atomic E-state index is -0.253. The van der Waals surface area contributed by atoms with Crippen LogP contribution in [0.4, 0.5) is 9.18 Å². The van der Waals surface area contributed by atoms with Gasteiger partial charge in [0.2, 0.25) is 0 Å². The van der Waals surface area contributed by atoms with E-state index in [2.05, 4.69) is 15.5 Å². The third kappa shape index (κ3) is 5.48. The summed E-state index contributed by atoms with van der Waals surface area (Å²) in [5, 5.41) is 5.78. The van der Waals surface area contributed by atoms with Crippen molar-refractivity contribution in [3.8, 4) is 0 Å². The highest BCUT2D eigenvalue weighted by Gasteiger charge is 2.16. The predicted molar refractivity (Wildman–Crippen MR) is 87.9 cm³/mol. The monoisotopic (exact) mass is 323 g/mol. The van der Waals surface area contributed by atoms with Crippen molar-refractivity contribution in [2.24, 2.45) is 0 Å². The van der Waals surface area contributed by atoms with Crippen LogP contribution >= 0.6 is 0 Å². The number of halogens is 1. The van der Waals surface area contributed by atoms with Crippen LogP contribution in [0, 0.1) is 12.7 Å². The summed E-state index contributed by atoms with van der Waals surface area (Å²) in [6.45, 7) is 9.62. The lowest BCUT2D eigenvalue weighted by atomic mass is 10.1. The molecule has 0 unspecified atom stereocenters. The van der Waals surface area contributed by atoms with E-state index in [4.69, 9.17) is 4.74 Å². The van der Waals surface area contributed by atoms with E-state index in [1.165, 1.54) is 6.07 Å². The zero-order valence-corrected chi connectivity index (χ0v) is 14.1. The third-order valence-corrected chi connectivity index (χ3v) is 4.06. The van der Waals surface area contributed by atoms with Crippen molar-refractivity contribution in [2.45, 2.75) is 32.9 Å². The molecule has 1 aromatic carbocycles. The number of morpholine rings is 1. The van der Waals surface area contributed by atoms with Crippen molar-refractivity contribution in [2.75, 3.05) is 32.8 Å². The molecule has 5 nitrogen and oxygen atoms in total. The first kappa shape index (κ1) is 17.7. The highest BCUT2D eigenvalue weighted by Crippen LogP contribution is 2.16. The number of nitrogens with one attached hydrogen (secondary N) is 2. The molecule has 1 aromatic rings. The van der Waals surface area contributed by atoms with Crippen molar-refractivity contribution in [3.05, 3.63) is 35.1 Å². The second-order valence-corrected chi connectivity index (χ2v) is 6.16. The standard InChI is InChI=1S/C17H26FN3O2/c1-12-4-5-15(10-16(12)18)14(3)20-17(22)19-13(2)11-21-6-8-23-9-7-21/h4-5,10,13-14H,6-9,11H2,1-3H3,(H2,19,20,22)/t13-,14-/m0/s1. The number of amides is 2. The zero-order valence-electron chi connectivity index (χ0n) is 14.1. The van der Waals surface area contributed by atoms with Crippen LogP contribution in [0.25, 0.3) is 0 Å². The molecule has 2 rings (SSSR count). The Kier molecular flexibility index (Phi) is 6.36. The number of rotatable bonds is 5. The second kappa shape index (κ2) is 8.26. The number of nitrogens with zero attached hydrogens (tertiary/aromatic N) is 1. The SMILES string of the molecule is Cc1ccc([C@H](C)NC(=O)N[C@@H](C)CN2CCOCC2)cc1F. The normalized spacial score (nSPS) is 18.3. The molecular formula is C17H26FN3O2. The Balaban J connectivity index is 1.79. The van der Waals surface area contributed by atoms with E-state index < -0.39 is 0 Å². The number of carbonyl (C=O) groups is 1. The van der Waals surface area contributed by atoms with Gasteiger partial charge in [-0.05, 0) is 38.0 Å². The van der Waals surface area contributed by atoms with Crippen LogP contribution in [0.1, 0.15) is 31.0 Å². The van der Waals surface area contributed by atoms with Crippen LogP contribution in [0.2, 0.25) is 0 Å². The number of carbonyl (C=O) groups excluding carboxylic acids is 1. The molecule has 0 aromatic heterocycles. The van der Waals surface area contributed by atoms with Crippen LogP contribution < -0.4 is 10.6 Å². The Bertz CT molecular complexity index is 533. The molecule has 0 bridgehead atoms. The van der Waals surface area contributed by atoms with Gasteiger partial charge in [0.05, 0.1) is 19.3 Å². The maximum absolute atomic E-state index is 13.6. The molecule has 1 aliphatic heterocycles. The van der Waals surface area contributed by atoms with Gasteiger partial charge in [-0.3, -0.25) is 4.90 Å². The van der Waals surface area contributed by atoms with Gasteiger partial charge >= 0.3 is 6.03 Å². The van der Waals surface area contributed by atoms with Gasteiger partial charge in [-0.15, -0.1) is 0 Å². The fourth-order valence-electron chi connectivity index (χ4n) is 2.64. The van der Waals surface area contributed by atoms with Gasteiger partial charge in [0.15, 0.2) is 0 Å². The number of benzene rings is 1. The van der Waals surface area contributed by atoms with Gasteiger partial charge < -0.3 is 15.4 Å². The molecule has 0 radical (unpaired) electrons. The summed E-state index contributed by atoms with van der Waals surface area (Å²) in [5.74, 6) is -0.253. The molecule has 0 aliphatic carbocycles. The smallest absolute Gasteiger partial charge is 0.315 e. The van der Waals surface area contributed by atoms with Gasteiger partial charge in [-0.1, -0.05) is 12.1 Å². The van der Waals surface area contributed by atoms with Crippen LogP contribution in [0.5, 0.6) is 0 Å². The molecule has 23 heavy (non-hydrogen) atoms. The molecule has 0 spiro atoms. The van der Waals surface area contributed by atoms with Gasteiger partial charge in [0, 0.05) is 25.7 Å². The number of hydrogen-bond donors (Lipinski definition) is 2. The summed E-state index contributed by atoms with van der Waals surface area (Å²) in [5.41, 5.74) is 1.36. The molecule has 2 atom stereocenters. The first-order valence-corrected chi connectivity index (χ1v) is 8.09. The number of hydrogen-bond acceptors (Lipinski definition) is 3. The van der Waals surface area contributed by atoms with E-state index in [1.807, 2.05) is 19.9 Å². The van der Waals surface area contributed by atoms with Gasteiger partial charge in [-0.2, -0.15) is 0 Å². The van der Waals surface area contributed by atoms with E-state index in [1.54, 1.807) is 13.0 Å². The zero-order chi connectivity index (χ0) is 16.8. The van der Waals surface area contributed by atoms with E-state index in [9.17, 15) is 9.18 Å². The molecule has 1 saturated heterocycles. The Morgan fingerprint density at radius 3 is 2.65 bits per heavy atom. The molecule has 1 heterocycles. The summed E-state index contributed by atoms with van der Waals surface area (Å²) in [7, 11) is 0. The fraction of sp³-hybridized carbons (Fsp3) is 0.588. The highest BCUT2D eigenvalue weighted by atomic mass is 19.1. The topological polar surface area (TPSA) is 53.6 Å². The van der Waals surface area contributed by atoms with Gasteiger partial charge in [0.1, 0.15) is 5.82 Å². The minimum Gasteiger partial charge on any atom is -0.379 e. The molecular weight excluding hydrogens is 297 g/mol. The summed E-state index contributed by atoms with van der Waals surface area (Å²) in [6, 6.07) is 4.58. The maximum atomic E-state index is 13.6. The van der Waals surface area contributed by atoms with Crippen LogP contribution in [0.15, 0.2) is 18.2 Å². The molecule has 6 heteroatoms. The van der Waals surface area contributed by atoms with E-state index in [0.29, 0.717) is 5.56 Å². The lowest BCUT2D eigenvalue weighted by Crippen LogP contribution is -2.48. The van der Waals surface area contributed by atoms with Crippen molar-refractivity contribution < 1.29 is 13.9 Å². The molecule has 0 saturated carbocycles.